The number of esters is 1. The maximum Gasteiger partial charge on any atom is 0.338 e. The summed E-state index contributed by atoms with van der Waals surface area (Å²) >= 11 is 0. The van der Waals surface area contributed by atoms with Crippen LogP contribution in [0, 0.1) is 0 Å². The summed E-state index contributed by atoms with van der Waals surface area (Å²) in [6, 6.07) is 7.79. The van der Waals surface area contributed by atoms with Crippen molar-refractivity contribution in [1.82, 2.24) is 0 Å². The zero-order valence-corrected chi connectivity index (χ0v) is 10.8. The highest BCUT2D eigenvalue weighted by Gasteiger charge is 2.16. The van der Waals surface area contributed by atoms with Crippen LogP contribution in [0.1, 0.15) is 17.3 Å². The van der Waals surface area contributed by atoms with Gasteiger partial charge >= 0.3 is 5.97 Å². The third-order valence-corrected chi connectivity index (χ3v) is 4.33. The minimum absolute atomic E-state index is 0.236. The van der Waals surface area contributed by atoms with Crippen molar-refractivity contribution in [3.63, 3.8) is 0 Å². The third kappa shape index (κ3) is 3.20. The first-order valence-electron chi connectivity index (χ1n) is 5.23. The summed E-state index contributed by atoms with van der Waals surface area (Å²) in [5.41, 5.74) is 0.638. The Kier molecular flexibility index (Phi) is 3.69. The molecule has 0 aromatic heterocycles. The molecule has 0 fully saturated rings. The Morgan fingerprint density at radius 1 is 1.20 bits per heavy atom. The van der Waals surface area contributed by atoms with Gasteiger partial charge < -0.3 is 4.74 Å². The molecule has 0 unspecified atom stereocenters. The van der Waals surface area contributed by atoms with Crippen molar-refractivity contribution in [3.05, 3.63) is 29.8 Å². The molecule has 0 atom stereocenters. The van der Waals surface area contributed by atoms with Crippen LogP contribution in [0.5, 0.6) is 0 Å². The van der Waals surface area contributed by atoms with Crippen LogP contribution in [0.2, 0.25) is 19.6 Å². The topological polar surface area (TPSA) is 26.3 Å². The van der Waals surface area contributed by atoms with E-state index in [0.29, 0.717) is 12.2 Å². The minimum Gasteiger partial charge on any atom is -0.462 e. The second kappa shape index (κ2) is 4.62. The van der Waals surface area contributed by atoms with Crippen LogP contribution in [0.3, 0.4) is 0 Å². The van der Waals surface area contributed by atoms with Crippen molar-refractivity contribution in [2.24, 2.45) is 0 Å². The van der Waals surface area contributed by atoms with Gasteiger partial charge in [-0.25, -0.2) is 4.79 Å². The number of rotatable bonds is 3. The molecule has 0 radical (unpaired) electrons. The van der Waals surface area contributed by atoms with E-state index >= 15 is 0 Å². The summed E-state index contributed by atoms with van der Waals surface area (Å²) in [6.45, 7) is 9.09. The van der Waals surface area contributed by atoms with Gasteiger partial charge in [0, 0.05) is 0 Å². The van der Waals surface area contributed by atoms with E-state index in [9.17, 15) is 4.79 Å². The molecular weight excluding hydrogens is 204 g/mol. The Morgan fingerprint density at radius 3 is 2.13 bits per heavy atom. The molecule has 1 rings (SSSR count). The van der Waals surface area contributed by atoms with E-state index in [1.807, 2.05) is 31.2 Å². The van der Waals surface area contributed by atoms with Gasteiger partial charge in [0.05, 0.1) is 20.2 Å². The zero-order chi connectivity index (χ0) is 11.5. The Balaban J connectivity index is 2.86. The van der Waals surface area contributed by atoms with Crippen molar-refractivity contribution in [3.8, 4) is 0 Å². The summed E-state index contributed by atoms with van der Waals surface area (Å²) in [7, 11) is -1.26. The standard InChI is InChI=1S/C12H18O2Si/c1-5-14-12(13)10-6-8-11(9-7-10)15(2,3)4/h6-9H,5H2,1-4H3. The number of hydrogen-bond acceptors (Lipinski definition) is 2. The van der Waals surface area contributed by atoms with Gasteiger partial charge in [0.15, 0.2) is 0 Å². The van der Waals surface area contributed by atoms with Gasteiger partial charge in [-0.3, -0.25) is 0 Å². The number of hydrogen-bond donors (Lipinski definition) is 0. The predicted molar refractivity (Wildman–Crippen MR) is 65.4 cm³/mol. The average Bonchev–Trinajstić information content (AvgIpc) is 2.17. The molecule has 1 aromatic rings. The van der Waals surface area contributed by atoms with Crippen LogP contribution in [0.15, 0.2) is 24.3 Å². The lowest BCUT2D eigenvalue weighted by molar-refractivity contribution is 0.0526. The summed E-state index contributed by atoms with van der Waals surface area (Å²) in [6.07, 6.45) is 0. The number of carbonyl (C=O) groups is 1. The van der Waals surface area contributed by atoms with Gasteiger partial charge in [-0.1, -0.05) is 37.0 Å². The third-order valence-electron chi connectivity index (χ3n) is 2.26. The molecule has 0 amide bonds. The first-order chi connectivity index (χ1) is 6.95. The van der Waals surface area contributed by atoms with Crippen molar-refractivity contribution < 1.29 is 9.53 Å². The van der Waals surface area contributed by atoms with E-state index in [1.54, 1.807) is 0 Å². The van der Waals surface area contributed by atoms with Crippen LogP contribution >= 0.6 is 0 Å². The van der Waals surface area contributed by atoms with Crippen LogP contribution in [0.4, 0.5) is 0 Å². The number of carbonyl (C=O) groups excluding carboxylic acids is 1. The van der Waals surface area contributed by atoms with Gasteiger partial charge in [-0.05, 0) is 19.1 Å². The molecule has 0 N–H and O–H groups in total. The van der Waals surface area contributed by atoms with Crippen molar-refractivity contribution in [1.29, 1.82) is 0 Å². The molecule has 0 aliphatic carbocycles. The van der Waals surface area contributed by atoms with E-state index in [-0.39, 0.29) is 5.97 Å². The van der Waals surface area contributed by atoms with E-state index in [0.717, 1.165) is 0 Å². The van der Waals surface area contributed by atoms with Gasteiger partial charge in [0.2, 0.25) is 0 Å². The van der Waals surface area contributed by atoms with Gasteiger partial charge in [0.25, 0.3) is 0 Å². The molecule has 2 nitrogen and oxygen atoms in total. The Labute approximate surface area is 92.3 Å². The molecule has 3 heteroatoms. The second-order valence-corrected chi connectivity index (χ2v) is 9.63. The quantitative estimate of drug-likeness (QED) is 0.580. The summed E-state index contributed by atoms with van der Waals surface area (Å²) < 4.78 is 4.93. The Hall–Kier alpha value is -1.09. The van der Waals surface area contributed by atoms with Gasteiger partial charge in [-0.2, -0.15) is 0 Å². The molecule has 0 saturated carbocycles. The van der Waals surface area contributed by atoms with E-state index in [4.69, 9.17) is 4.74 Å². The highest BCUT2D eigenvalue weighted by atomic mass is 28.3. The molecular formula is C12H18O2Si. The molecule has 1 aromatic carbocycles. The van der Waals surface area contributed by atoms with Crippen LogP contribution in [0.25, 0.3) is 0 Å². The van der Waals surface area contributed by atoms with E-state index in [1.165, 1.54) is 5.19 Å². The molecule has 0 aliphatic heterocycles. The molecule has 0 saturated heterocycles. The highest BCUT2D eigenvalue weighted by Crippen LogP contribution is 2.05. The van der Waals surface area contributed by atoms with Crippen molar-refractivity contribution in [2.75, 3.05) is 6.61 Å². The second-order valence-electron chi connectivity index (χ2n) is 4.55. The first kappa shape index (κ1) is 12.0. The fourth-order valence-electron chi connectivity index (χ4n) is 1.32. The molecule has 0 bridgehead atoms. The average molecular weight is 222 g/mol. The van der Waals surface area contributed by atoms with Crippen LogP contribution in [-0.4, -0.2) is 20.7 Å². The fourth-order valence-corrected chi connectivity index (χ4v) is 2.49. The van der Waals surface area contributed by atoms with Crippen molar-refractivity contribution in [2.45, 2.75) is 26.6 Å². The largest absolute Gasteiger partial charge is 0.462 e. The van der Waals surface area contributed by atoms with Crippen molar-refractivity contribution >= 4 is 19.2 Å². The predicted octanol–water partition coefficient (Wildman–Crippen LogP) is 2.41. The number of ether oxygens (including phenoxy) is 1. The van der Waals surface area contributed by atoms with E-state index < -0.39 is 8.07 Å². The summed E-state index contributed by atoms with van der Waals surface area (Å²) in [5.74, 6) is -0.236. The normalized spacial score (nSPS) is 11.2. The lowest BCUT2D eigenvalue weighted by Gasteiger charge is -2.16. The molecule has 0 spiro atoms. The van der Waals surface area contributed by atoms with Gasteiger partial charge in [0.1, 0.15) is 0 Å². The van der Waals surface area contributed by atoms with Crippen LogP contribution < -0.4 is 5.19 Å². The maximum absolute atomic E-state index is 11.4. The monoisotopic (exact) mass is 222 g/mol. The minimum atomic E-state index is -1.26. The van der Waals surface area contributed by atoms with E-state index in [2.05, 4.69) is 19.6 Å². The summed E-state index contributed by atoms with van der Waals surface area (Å²) in [4.78, 5) is 11.4. The fraction of sp³-hybridized carbons (Fsp3) is 0.417. The zero-order valence-electron chi connectivity index (χ0n) is 9.83. The molecule has 82 valence electrons. The lowest BCUT2D eigenvalue weighted by Crippen LogP contribution is -2.37. The summed E-state index contributed by atoms with van der Waals surface area (Å²) in [5, 5.41) is 1.36. The molecule has 15 heavy (non-hydrogen) atoms. The maximum atomic E-state index is 11.4. The Bertz CT molecular complexity index is 336. The first-order valence-corrected chi connectivity index (χ1v) is 8.73. The van der Waals surface area contributed by atoms with Gasteiger partial charge in [-0.15, -0.1) is 0 Å². The smallest absolute Gasteiger partial charge is 0.338 e. The SMILES string of the molecule is CCOC(=O)c1ccc([Si](C)(C)C)cc1. The Morgan fingerprint density at radius 2 is 1.73 bits per heavy atom. The van der Waals surface area contributed by atoms with Crippen LogP contribution in [-0.2, 0) is 4.74 Å². The molecule has 0 aliphatic rings. The molecule has 0 heterocycles. The highest BCUT2D eigenvalue weighted by molar-refractivity contribution is 6.88. The lowest BCUT2D eigenvalue weighted by atomic mass is 10.2. The number of benzene rings is 1.